The van der Waals surface area contributed by atoms with Crippen LogP contribution in [-0.4, -0.2) is 49.6 Å². The SMILES string of the molecule is COCN(Cc1ccccc1)C[SH](C)(C)(C)C. The van der Waals surface area contributed by atoms with E-state index in [2.05, 4.69) is 60.3 Å². The third-order valence-electron chi connectivity index (χ3n) is 2.33. The van der Waals surface area contributed by atoms with Crippen LogP contribution >= 0.6 is 9.16 Å². The Morgan fingerprint density at radius 2 is 1.65 bits per heavy atom. The summed E-state index contributed by atoms with van der Waals surface area (Å²) in [5.41, 5.74) is 1.35. The van der Waals surface area contributed by atoms with Gasteiger partial charge in [-0.1, -0.05) is 30.3 Å². The largest absolute Gasteiger partial charge is 0.369 e. The molecule has 0 aliphatic carbocycles. The first-order chi connectivity index (χ1) is 7.76. The van der Waals surface area contributed by atoms with Crippen LogP contribution in [0.25, 0.3) is 0 Å². The van der Waals surface area contributed by atoms with Crippen LogP contribution < -0.4 is 0 Å². The molecule has 1 rings (SSSR count). The second kappa shape index (κ2) is 5.42. The molecule has 0 amide bonds. The fourth-order valence-corrected chi connectivity index (χ4v) is 3.74. The second-order valence-electron chi connectivity index (χ2n) is 6.82. The fraction of sp³-hybridized carbons (Fsp3) is 0.571. The van der Waals surface area contributed by atoms with E-state index in [0.717, 1.165) is 12.4 Å². The molecule has 0 saturated carbocycles. The van der Waals surface area contributed by atoms with Gasteiger partial charge in [0.2, 0.25) is 0 Å². The van der Waals surface area contributed by atoms with E-state index in [-0.39, 0.29) is 0 Å². The summed E-state index contributed by atoms with van der Waals surface area (Å²) in [6, 6.07) is 10.6. The number of ether oxygens (including phenoxy) is 1. The minimum absolute atomic E-state index is 0.705. The molecule has 1 aromatic rings. The van der Waals surface area contributed by atoms with Gasteiger partial charge in [-0.3, -0.25) is 14.1 Å². The number of rotatable bonds is 6. The maximum Gasteiger partial charge on any atom is 0.0994 e. The van der Waals surface area contributed by atoms with Crippen LogP contribution in [0.2, 0.25) is 0 Å². The van der Waals surface area contributed by atoms with Gasteiger partial charge in [-0.15, -0.1) is 0 Å². The molecule has 0 aliphatic rings. The molecule has 0 atom stereocenters. The molecule has 0 bridgehead atoms. The van der Waals surface area contributed by atoms with Crippen LogP contribution in [0, 0.1) is 0 Å². The topological polar surface area (TPSA) is 12.5 Å². The molecule has 0 heterocycles. The molecule has 0 unspecified atom stereocenters. The van der Waals surface area contributed by atoms with E-state index in [1.54, 1.807) is 7.11 Å². The summed E-state index contributed by atoms with van der Waals surface area (Å²) >= 11 is 0. The highest BCUT2D eigenvalue weighted by atomic mass is 32.3. The van der Waals surface area contributed by atoms with Gasteiger partial charge in [0.1, 0.15) is 0 Å². The summed E-state index contributed by atoms with van der Waals surface area (Å²) in [5.74, 6) is 1.13. The zero-order valence-electron chi connectivity index (χ0n) is 11.8. The Morgan fingerprint density at radius 3 is 2.12 bits per heavy atom. The highest BCUT2D eigenvalue weighted by Gasteiger charge is 2.22. The van der Waals surface area contributed by atoms with Crippen molar-refractivity contribution < 1.29 is 4.74 Å². The molecule has 0 fully saturated rings. The van der Waals surface area contributed by atoms with E-state index in [9.17, 15) is 0 Å². The first-order valence-electron chi connectivity index (χ1n) is 6.01. The number of benzene rings is 1. The number of hydrogen-bond donors (Lipinski definition) is 1. The molecule has 1 aromatic carbocycles. The summed E-state index contributed by atoms with van der Waals surface area (Å²) < 4.78 is 5.31. The van der Waals surface area contributed by atoms with Gasteiger partial charge in [0.15, 0.2) is 0 Å². The predicted molar refractivity (Wildman–Crippen MR) is 81.4 cm³/mol. The molecule has 0 N–H and O–H groups in total. The summed E-state index contributed by atoms with van der Waals surface area (Å²) in [6.45, 7) is 1.67. The van der Waals surface area contributed by atoms with E-state index in [1.165, 1.54) is 5.56 Å². The third-order valence-corrected chi connectivity index (χ3v) is 3.86. The monoisotopic (exact) mass is 257 g/mol. The number of methoxy groups -OCH3 is 1. The van der Waals surface area contributed by atoms with Crippen LogP contribution in [0.5, 0.6) is 0 Å². The van der Waals surface area contributed by atoms with Crippen molar-refractivity contribution in [2.75, 3.05) is 44.7 Å². The van der Waals surface area contributed by atoms with Crippen molar-refractivity contribution in [3.05, 3.63) is 35.9 Å². The van der Waals surface area contributed by atoms with E-state index in [0.29, 0.717) is 6.73 Å². The van der Waals surface area contributed by atoms with Crippen molar-refractivity contribution in [2.45, 2.75) is 6.54 Å². The van der Waals surface area contributed by atoms with Crippen LogP contribution in [0.3, 0.4) is 0 Å². The van der Waals surface area contributed by atoms with Gasteiger partial charge < -0.3 is 4.74 Å². The lowest BCUT2D eigenvalue weighted by molar-refractivity contribution is 0.0717. The number of nitrogens with zero attached hydrogens (tertiary/aromatic N) is 1. The highest BCUT2D eigenvalue weighted by Crippen LogP contribution is 2.55. The van der Waals surface area contributed by atoms with Crippen LogP contribution in [0.4, 0.5) is 0 Å². The van der Waals surface area contributed by atoms with Gasteiger partial charge in [-0.2, -0.15) is 0 Å². The molecule has 0 aliphatic heterocycles. The van der Waals surface area contributed by atoms with Crippen LogP contribution in [0.15, 0.2) is 30.3 Å². The first-order valence-corrected chi connectivity index (χ1v) is 10.2. The Bertz CT molecular complexity index is 333. The molecule has 17 heavy (non-hydrogen) atoms. The summed E-state index contributed by atoms with van der Waals surface area (Å²) in [6.07, 6.45) is 9.61. The Balaban J connectivity index is 2.68. The van der Waals surface area contributed by atoms with E-state index < -0.39 is 9.16 Å². The minimum atomic E-state index is -1.53. The minimum Gasteiger partial charge on any atom is -0.369 e. The summed E-state index contributed by atoms with van der Waals surface area (Å²) in [7, 11) is 0.240. The van der Waals surface area contributed by atoms with Crippen molar-refractivity contribution in [3.8, 4) is 0 Å². The molecular formula is C14H27NOS. The molecule has 3 heteroatoms. The maximum absolute atomic E-state index is 5.31. The number of thiol groups is 1. The summed E-state index contributed by atoms with van der Waals surface area (Å²) in [5, 5.41) is 0. The maximum atomic E-state index is 5.31. The Labute approximate surface area is 106 Å². The average Bonchev–Trinajstić information content (AvgIpc) is 2.15. The normalized spacial score (nSPS) is 14.6. The molecule has 0 radical (unpaired) electrons. The standard InChI is InChI=1S/C14H27NOS/c1-16-12-15(13-17(2,3,4)5)11-14-9-7-6-8-10-14/h6-10,17H,11-13H2,1-5H3. The lowest BCUT2D eigenvalue weighted by atomic mass is 10.2. The zero-order chi connectivity index (χ0) is 13.0. The first kappa shape index (κ1) is 14.6. The van der Waals surface area contributed by atoms with Gasteiger partial charge in [0.05, 0.1) is 6.73 Å². The summed E-state index contributed by atoms with van der Waals surface area (Å²) in [4.78, 5) is 2.40. The molecule has 0 spiro atoms. The lowest BCUT2D eigenvalue weighted by Crippen LogP contribution is -2.34. The van der Waals surface area contributed by atoms with Gasteiger partial charge in [-0.05, 0) is 30.6 Å². The van der Waals surface area contributed by atoms with Crippen molar-refractivity contribution in [1.82, 2.24) is 4.90 Å². The smallest absolute Gasteiger partial charge is 0.0994 e. The Hall–Kier alpha value is -0.510. The van der Waals surface area contributed by atoms with E-state index in [4.69, 9.17) is 4.74 Å². The van der Waals surface area contributed by atoms with Gasteiger partial charge >= 0.3 is 0 Å². The molecule has 2 nitrogen and oxygen atoms in total. The number of hydrogen-bond acceptors (Lipinski definition) is 2. The van der Waals surface area contributed by atoms with Gasteiger partial charge in [0, 0.05) is 19.5 Å². The van der Waals surface area contributed by atoms with Crippen molar-refractivity contribution in [3.63, 3.8) is 0 Å². The molecular weight excluding hydrogens is 230 g/mol. The third kappa shape index (κ3) is 6.71. The molecule has 0 saturated heterocycles. The fourth-order valence-electron chi connectivity index (χ4n) is 1.96. The van der Waals surface area contributed by atoms with Gasteiger partial charge in [0.25, 0.3) is 0 Å². The highest BCUT2D eigenvalue weighted by molar-refractivity contribution is 8.47. The quantitative estimate of drug-likeness (QED) is 0.621. The Morgan fingerprint density at radius 1 is 1.06 bits per heavy atom. The Kier molecular flexibility index (Phi) is 4.64. The van der Waals surface area contributed by atoms with Crippen LogP contribution in [0.1, 0.15) is 5.56 Å². The average molecular weight is 257 g/mol. The predicted octanol–water partition coefficient (Wildman–Crippen LogP) is 2.64. The lowest BCUT2D eigenvalue weighted by Gasteiger charge is -2.50. The zero-order valence-corrected chi connectivity index (χ0v) is 12.7. The van der Waals surface area contributed by atoms with Crippen molar-refractivity contribution >= 4 is 9.16 Å². The van der Waals surface area contributed by atoms with E-state index in [1.807, 2.05) is 0 Å². The van der Waals surface area contributed by atoms with Crippen LogP contribution in [-0.2, 0) is 11.3 Å². The van der Waals surface area contributed by atoms with Gasteiger partial charge in [-0.25, -0.2) is 0 Å². The van der Waals surface area contributed by atoms with Crippen molar-refractivity contribution in [1.29, 1.82) is 0 Å². The molecule has 0 aromatic heterocycles. The van der Waals surface area contributed by atoms with Crippen molar-refractivity contribution in [2.24, 2.45) is 0 Å². The second-order valence-corrected chi connectivity index (χ2v) is 15.0. The van der Waals surface area contributed by atoms with E-state index >= 15 is 0 Å². The molecule has 100 valence electrons.